The molecule has 0 bridgehead atoms. The van der Waals surface area contributed by atoms with Gasteiger partial charge in [0, 0.05) is 22.5 Å². The third-order valence-electron chi connectivity index (χ3n) is 4.89. The lowest BCUT2D eigenvalue weighted by Gasteiger charge is -2.05. The highest BCUT2D eigenvalue weighted by Crippen LogP contribution is 2.36. The Morgan fingerprint density at radius 3 is 2.81 bits per heavy atom. The van der Waals surface area contributed by atoms with Crippen molar-refractivity contribution < 1.29 is 14.3 Å². The van der Waals surface area contributed by atoms with Gasteiger partial charge in [-0.15, -0.1) is 11.3 Å². The zero-order valence-corrected chi connectivity index (χ0v) is 18.3. The Bertz CT molecular complexity index is 1340. The minimum Gasteiger partial charge on any atom is -0.454 e. The van der Waals surface area contributed by atoms with Crippen LogP contribution in [0.25, 0.3) is 21.5 Å². The van der Waals surface area contributed by atoms with E-state index in [4.69, 9.17) is 38.4 Å². The van der Waals surface area contributed by atoms with Crippen molar-refractivity contribution >= 4 is 56.3 Å². The molecule has 2 aromatic carbocycles. The zero-order chi connectivity index (χ0) is 21.5. The molecule has 1 aliphatic rings. The Hall–Kier alpha value is -3.00. The number of aromatic nitrogens is 1. The van der Waals surface area contributed by atoms with Gasteiger partial charge in [-0.1, -0.05) is 29.3 Å². The molecular weight excluding hydrogens is 457 g/mol. The van der Waals surface area contributed by atoms with Crippen LogP contribution in [0.5, 0.6) is 11.5 Å². The lowest BCUT2D eigenvalue weighted by atomic mass is 10.1. The van der Waals surface area contributed by atoms with Gasteiger partial charge in [0.05, 0.1) is 16.4 Å². The Morgan fingerprint density at radius 2 is 1.94 bits per heavy atom. The van der Waals surface area contributed by atoms with E-state index in [9.17, 15) is 4.79 Å². The summed E-state index contributed by atoms with van der Waals surface area (Å²) in [4.78, 5) is 18.5. The minimum absolute atomic E-state index is 0.207. The van der Waals surface area contributed by atoms with Gasteiger partial charge in [-0.3, -0.25) is 4.79 Å². The van der Waals surface area contributed by atoms with Crippen molar-refractivity contribution in [3.05, 3.63) is 69.0 Å². The summed E-state index contributed by atoms with van der Waals surface area (Å²) in [5, 5.41) is 4.73. The van der Waals surface area contributed by atoms with Crippen LogP contribution in [0, 0.1) is 0 Å². The standard InChI is InChI=1S/C22H15Cl2N3O3S/c23-12-2-4-15(24)14(8-12)16-5-3-13-19(25)20(31-22(13)27-16)21(28)26-9-11-1-6-17-18(7-11)30-10-29-17/h1-8H,9-10,25H2,(H,26,28). The number of ether oxygens (including phenoxy) is 2. The molecule has 0 saturated carbocycles. The molecular formula is C22H15Cl2N3O3S. The van der Waals surface area contributed by atoms with Gasteiger partial charge in [-0.05, 0) is 48.0 Å². The Morgan fingerprint density at radius 1 is 1.10 bits per heavy atom. The van der Waals surface area contributed by atoms with E-state index < -0.39 is 0 Å². The second-order valence-corrected chi connectivity index (χ2v) is 8.73. The number of hydrogen-bond donors (Lipinski definition) is 2. The molecule has 0 aliphatic carbocycles. The van der Waals surface area contributed by atoms with Crippen molar-refractivity contribution in [2.45, 2.75) is 6.54 Å². The molecule has 3 heterocycles. The van der Waals surface area contributed by atoms with E-state index in [1.165, 1.54) is 11.3 Å². The fourth-order valence-electron chi connectivity index (χ4n) is 3.32. The van der Waals surface area contributed by atoms with Crippen LogP contribution in [0.15, 0.2) is 48.5 Å². The van der Waals surface area contributed by atoms with Gasteiger partial charge in [-0.2, -0.15) is 0 Å². The molecule has 3 N–H and O–H groups in total. The molecule has 5 rings (SSSR count). The highest BCUT2D eigenvalue weighted by atomic mass is 35.5. The number of pyridine rings is 1. The van der Waals surface area contributed by atoms with Crippen molar-refractivity contribution in [2.75, 3.05) is 12.5 Å². The van der Waals surface area contributed by atoms with Crippen LogP contribution >= 0.6 is 34.5 Å². The normalized spacial score (nSPS) is 12.3. The van der Waals surface area contributed by atoms with Gasteiger partial charge in [0.1, 0.15) is 9.71 Å². The molecule has 0 atom stereocenters. The summed E-state index contributed by atoms with van der Waals surface area (Å²) in [5.74, 6) is 1.11. The number of carbonyl (C=O) groups excluding carboxylic acids is 1. The number of nitrogen functional groups attached to an aromatic ring is 1. The van der Waals surface area contributed by atoms with Gasteiger partial charge < -0.3 is 20.5 Å². The van der Waals surface area contributed by atoms with Crippen LogP contribution in [0.2, 0.25) is 10.0 Å². The maximum Gasteiger partial charge on any atom is 0.263 e. The molecule has 4 aromatic rings. The van der Waals surface area contributed by atoms with E-state index in [1.807, 2.05) is 30.3 Å². The number of carbonyl (C=O) groups is 1. The molecule has 0 unspecified atom stereocenters. The number of fused-ring (bicyclic) bond motifs is 2. The number of nitrogens with one attached hydrogen (secondary N) is 1. The summed E-state index contributed by atoms with van der Waals surface area (Å²) < 4.78 is 10.7. The summed E-state index contributed by atoms with van der Waals surface area (Å²) in [7, 11) is 0. The van der Waals surface area contributed by atoms with E-state index in [2.05, 4.69) is 10.3 Å². The maximum absolute atomic E-state index is 12.8. The van der Waals surface area contributed by atoms with Gasteiger partial charge in [-0.25, -0.2) is 4.98 Å². The summed E-state index contributed by atoms with van der Waals surface area (Å²) in [6.45, 7) is 0.540. The number of hydrogen-bond acceptors (Lipinski definition) is 6. The Balaban J connectivity index is 1.40. The minimum atomic E-state index is -0.263. The predicted octanol–water partition coefficient (Wildman–Crippen LogP) is 5.51. The number of halogens is 2. The fraction of sp³-hybridized carbons (Fsp3) is 0.0909. The van der Waals surface area contributed by atoms with Crippen molar-refractivity contribution in [1.82, 2.24) is 10.3 Å². The fourth-order valence-corrected chi connectivity index (χ4v) is 4.72. The molecule has 6 nitrogen and oxygen atoms in total. The second-order valence-electron chi connectivity index (χ2n) is 6.89. The summed E-state index contributed by atoms with van der Waals surface area (Å²) in [5.41, 5.74) is 8.93. The van der Waals surface area contributed by atoms with Crippen LogP contribution in [-0.4, -0.2) is 17.7 Å². The quantitative estimate of drug-likeness (QED) is 0.409. The summed E-state index contributed by atoms with van der Waals surface area (Å²) in [6.07, 6.45) is 0. The smallest absolute Gasteiger partial charge is 0.263 e. The van der Waals surface area contributed by atoms with Crippen molar-refractivity contribution in [1.29, 1.82) is 0 Å². The number of benzene rings is 2. The molecule has 0 spiro atoms. The first-order valence-corrected chi connectivity index (χ1v) is 10.9. The molecule has 31 heavy (non-hydrogen) atoms. The maximum atomic E-state index is 12.8. The van der Waals surface area contributed by atoms with Crippen molar-refractivity contribution in [2.24, 2.45) is 0 Å². The monoisotopic (exact) mass is 471 g/mol. The van der Waals surface area contributed by atoms with Gasteiger partial charge in [0.15, 0.2) is 11.5 Å². The summed E-state index contributed by atoms with van der Waals surface area (Å²) in [6, 6.07) is 14.4. The Labute approximate surface area is 191 Å². The zero-order valence-electron chi connectivity index (χ0n) is 15.9. The van der Waals surface area contributed by atoms with E-state index in [-0.39, 0.29) is 12.7 Å². The topological polar surface area (TPSA) is 86.5 Å². The third kappa shape index (κ3) is 3.76. The molecule has 0 saturated heterocycles. The van der Waals surface area contributed by atoms with E-state index in [0.29, 0.717) is 49.2 Å². The first-order valence-electron chi connectivity index (χ1n) is 9.31. The summed E-state index contributed by atoms with van der Waals surface area (Å²) >= 11 is 13.6. The highest BCUT2D eigenvalue weighted by Gasteiger charge is 2.19. The average Bonchev–Trinajstić information content (AvgIpc) is 3.37. The third-order valence-corrected chi connectivity index (χ3v) is 6.57. The van der Waals surface area contributed by atoms with Crippen LogP contribution < -0.4 is 20.5 Å². The lowest BCUT2D eigenvalue weighted by molar-refractivity contribution is 0.0955. The molecule has 156 valence electrons. The van der Waals surface area contributed by atoms with Gasteiger partial charge in [0.25, 0.3) is 5.91 Å². The number of nitrogens with two attached hydrogens (primary N) is 1. The van der Waals surface area contributed by atoms with E-state index in [1.54, 1.807) is 18.2 Å². The molecule has 0 fully saturated rings. The van der Waals surface area contributed by atoms with Crippen molar-refractivity contribution in [3.63, 3.8) is 0 Å². The van der Waals surface area contributed by atoms with E-state index in [0.717, 1.165) is 16.5 Å². The van der Waals surface area contributed by atoms with Crippen LogP contribution in [-0.2, 0) is 6.54 Å². The van der Waals surface area contributed by atoms with Crippen LogP contribution in [0.1, 0.15) is 15.2 Å². The predicted molar refractivity (Wildman–Crippen MR) is 123 cm³/mol. The SMILES string of the molecule is Nc1c(C(=O)NCc2ccc3c(c2)OCO3)sc2nc(-c3cc(Cl)ccc3Cl)ccc12. The number of anilines is 1. The second kappa shape index (κ2) is 7.92. The van der Waals surface area contributed by atoms with Gasteiger partial charge in [0.2, 0.25) is 6.79 Å². The number of amides is 1. The number of nitrogens with zero attached hydrogens (tertiary/aromatic N) is 1. The molecule has 1 aliphatic heterocycles. The van der Waals surface area contributed by atoms with Crippen molar-refractivity contribution in [3.8, 4) is 22.8 Å². The molecule has 1 amide bonds. The first-order chi connectivity index (χ1) is 15.0. The highest BCUT2D eigenvalue weighted by molar-refractivity contribution is 7.21. The molecule has 2 aromatic heterocycles. The Kier molecular flexibility index (Phi) is 5.09. The molecule has 0 radical (unpaired) electrons. The molecule has 9 heteroatoms. The largest absolute Gasteiger partial charge is 0.454 e. The lowest BCUT2D eigenvalue weighted by Crippen LogP contribution is -2.22. The van der Waals surface area contributed by atoms with Crippen LogP contribution in [0.4, 0.5) is 5.69 Å². The van der Waals surface area contributed by atoms with Gasteiger partial charge >= 0.3 is 0 Å². The average molecular weight is 472 g/mol. The van der Waals surface area contributed by atoms with Crippen LogP contribution in [0.3, 0.4) is 0 Å². The van der Waals surface area contributed by atoms with E-state index >= 15 is 0 Å². The number of rotatable bonds is 4. The first kappa shape index (κ1) is 19.9. The number of thiophene rings is 1.